The lowest BCUT2D eigenvalue weighted by atomic mass is 10.1. The summed E-state index contributed by atoms with van der Waals surface area (Å²) < 4.78 is 0.889. The van der Waals surface area contributed by atoms with E-state index in [0.717, 1.165) is 36.2 Å². The monoisotopic (exact) mass is 691 g/mol. The van der Waals surface area contributed by atoms with Crippen molar-refractivity contribution in [2.45, 2.75) is 23.9 Å². The maximum atomic E-state index is 13.1. The molecule has 3 aromatic carbocycles. The van der Waals surface area contributed by atoms with Crippen molar-refractivity contribution < 1.29 is 4.79 Å². The van der Waals surface area contributed by atoms with Gasteiger partial charge in [-0.05, 0) is 47.9 Å². The van der Waals surface area contributed by atoms with Crippen LogP contribution in [0.25, 0.3) is 22.2 Å². The Morgan fingerprint density at radius 3 is 2.72 bits per heavy atom. The van der Waals surface area contributed by atoms with Crippen LogP contribution in [0.15, 0.2) is 71.6 Å². The number of hydrogen-bond donors (Lipinski definition) is 5. The fraction of sp³-hybridized carbons (Fsp3) is 0.148. The van der Waals surface area contributed by atoms with Crippen LogP contribution in [0.3, 0.4) is 0 Å². The maximum Gasteiger partial charge on any atom is 0.315 e. The third-order valence-electron chi connectivity index (χ3n) is 6.13. The molecular weight excluding hydrogens is 668 g/mol. The molecule has 8 nitrogen and oxygen atoms in total. The average Bonchev–Trinajstić information content (AvgIpc) is 3.51. The van der Waals surface area contributed by atoms with E-state index in [-0.39, 0.29) is 6.03 Å². The number of nitrogens with one attached hydrogen (secondary N) is 4. The number of hydrogen-bond acceptors (Lipinski definition) is 5. The Kier molecular flexibility index (Phi) is 8.85. The number of urea groups is 1. The molecule has 2 aromatic heterocycles. The number of imidazole rings is 1. The molecule has 0 fully saturated rings. The van der Waals surface area contributed by atoms with Crippen LogP contribution in [0.2, 0.25) is 10.2 Å². The predicted molar refractivity (Wildman–Crippen MR) is 168 cm³/mol. The molecule has 2 heterocycles. The number of nitrogens with zero attached hydrogens (tertiary/aromatic N) is 2. The molecule has 5 aromatic rings. The van der Waals surface area contributed by atoms with Gasteiger partial charge in [0.15, 0.2) is 5.82 Å². The van der Waals surface area contributed by atoms with E-state index in [4.69, 9.17) is 33.9 Å². The Morgan fingerprint density at radius 2 is 1.92 bits per heavy atom. The number of nitrogens with two attached hydrogens (primary N) is 1. The van der Waals surface area contributed by atoms with Crippen molar-refractivity contribution in [1.82, 2.24) is 30.8 Å². The van der Waals surface area contributed by atoms with E-state index >= 15 is 0 Å². The van der Waals surface area contributed by atoms with Crippen molar-refractivity contribution in [3.05, 3.63) is 93.9 Å². The van der Waals surface area contributed by atoms with Crippen molar-refractivity contribution in [1.29, 1.82) is 0 Å². The third kappa shape index (κ3) is 6.63. The molecule has 6 N–H and O–H groups in total. The van der Waals surface area contributed by atoms with E-state index < -0.39 is 6.04 Å². The van der Waals surface area contributed by atoms with E-state index in [0.29, 0.717) is 40.5 Å². The van der Waals surface area contributed by atoms with Gasteiger partial charge in [-0.1, -0.05) is 82.2 Å². The number of amides is 2. The van der Waals surface area contributed by atoms with Crippen LogP contribution >= 0.6 is 57.6 Å². The number of carbonyl (C=O) groups excluding carboxylic acids is 1. The summed E-state index contributed by atoms with van der Waals surface area (Å²) in [4.78, 5) is 22.1. The predicted octanol–water partition coefficient (Wildman–Crippen LogP) is 7.11. The van der Waals surface area contributed by atoms with Gasteiger partial charge in [0.1, 0.15) is 16.7 Å². The van der Waals surface area contributed by atoms with Gasteiger partial charge in [-0.15, -0.1) is 11.8 Å². The number of alkyl halides is 1. The number of fused-ring (bicyclic) bond motifs is 1. The Balaban J connectivity index is 1.38. The molecule has 0 bridgehead atoms. The lowest BCUT2D eigenvalue weighted by Gasteiger charge is -2.18. The highest BCUT2D eigenvalue weighted by Gasteiger charge is 2.22. The number of aromatic nitrogens is 4. The minimum Gasteiger partial charge on any atom is -0.382 e. The Bertz CT molecular complexity index is 1610. The van der Waals surface area contributed by atoms with Crippen molar-refractivity contribution in [3.8, 4) is 11.3 Å². The molecule has 200 valence electrons. The van der Waals surface area contributed by atoms with Crippen LogP contribution in [0.4, 0.5) is 10.6 Å². The zero-order chi connectivity index (χ0) is 27.4. The largest absolute Gasteiger partial charge is 0.382 e. The van der Waals surface area contributed by atoms with Gasteiger partial charge in [-0.3, -0.25) is 5.10 Å². The van der Waals surface area contributed by atoms with Gasteiger partial charge in [-0.25, -0.2) is 9.78 Å². The standard InChI is InChI=1S/C27H24Cl2IN7OS/c28-18-7-9-22(39-14-30)17(11-18)13-32-27(38)33-21(10-15-4-2-1-3-5-15)26-34-23(24(29)35-26)16-6-8-19-20(12-16)36-37-25(19)31/h1-9,11-12,21H,10,13-14H2,(H,34,35)(H3,31,36,37)(H2,32,33,38)/t21-/m0/s1. The number of carbonyl (C=O) groups is 1. The molecule has 0 saturated carbocycles. The quantitative estimate of drug-likeness (QED) is 0.0640. The van der Waals surface area contributed by atoms with Crippen molar-refractivity contribution >= 4 is 80.3 Å². The van der Waals surface area contributed by atoms with Crippen LogP contribution in [0.5, 0.6) is 0 Å². The van der Waals surface area contributed by atoms with E-state index in [1.54, 1.807) is 11.8 Å². The first-order valence-electron chi connectivity index (χ1n) is 12.0. The highest BCUT2D eigenvalue weighted by molar-refractivity contribution is 14.1. The molecule has 0 aliphatic rings. The van der Waals surface area contributed by atoms with Crippen molar-refractivity contribution in [2.75, 3.05) is 9.49 Å². The third-order valence-corrected chi connectivity index (χ3v) is 8.39. The first-order chi connectivity index (χ1) is 18.9. The number of halogens is 3. The second-order valence-corrected chi connectivity index (χ2v) is 12.4. The lowest BCUT2D eigenvalue weighted by molar-refractivity contribution is 0.236. The first-order valence-corrected chi connectivity index (χ1v) is 15.2. The Morgan fingerprint density at radius 1 is 1.10 bits per heavy atom. The SMILES string of the molecule is Nc1n[nH]c2cc(-c3nc([C@H](Cc4ccccc4)NC(=O)NCc4cc(Cl)ccc4SCI)[nH]c3Cl)ccc12. The number of thioether (sulfide) groups is 1. The molecule has 0 saturated heterocycles. The van der Waals surface area contributed by atoms with Gasteiger partial charge in [0, 0.05) is 27.4 Å². The molecule has 1 atom stereocenters. The number of benzene rings is 3. The Labute approximate surface area is 253 Å². The fourth-order valence-corrected chi connectivity index (χ4v) is 6.30. The zero-order valence-corrected chi connectivity index (χ0v) is 25.0. The smallest absolute Gasteiger partial charge is 0.315 e. The summed E-state index contributed by atoms with van der Waals surface area (Å²) in [6, 6.07) is 20.5. The summed E-state index contributed by atoms with van der Waals surface area (Å²) in [6.07, 6.45) is 0.515. The molecule has 39 heavy (non-hydrogen) atoms. The van der Waals surface area contributed by atoms with E-state index in [1.807, 2.05) is 66.7 Å². The summed E-state index contributed by atoms with van der Waals surface area (Å²) in [5, 5.41) is 14.8. The molecule has 0 aliphatic heterocycles. The molecule has 5 rings (SSSR count). The average molecular weight is 692 g/mol. The molecule has 0 radical (unpaired) electrons. The van der Waals surface area contributed by atoms with Gasteiger partial charge >= 0.3 is 6.03 Å². The number of rotatable bonds is 9. The second kappa shape index (κ2) is 12.5. The summed E-state index contributed by atoms with van der Waals surface area (Å²) in [5.41, 5.74) is 10.1. The number of aromatic amines is 2. The van der Waals surface area contributed by atoms with Gasteiger partial charge in [-0.2, -0.15) is 5.10 Å². The van der Waals surface area contributed by atoms with E-state index in [1.165, 1.54) is 0 Å². The van der Waals surface area contributed by atoms with Crippen molar-refractivity contribution in [3.63, 3.8) is 0 Å². The van der Waals surface area contributed by atoms with E-state index in [2.05, 4.69) is 48.4 Å². The molecule has 12 heteroatoms. The normalized spacial score (nSPS) is 12.0. The first kappa shape index (κ1) is 27.6. The summed E-state index contributed by atoms with van der Waals surface area (Å²) in [5.74, 6) is 0.975. The number of anilines is 1. The number of nitrogen functional groups attached to an aromatic ring is 1. The molecule has 0 aliphatic carbocycles. The Hall–Kier alpha value is -2.93. The van der Waals surface area contributed by atoms with E-state index in [9.17, 15) is 4.79 Å². The summed E-state index contributed by atoms with van der Waals surface area (Å²) >= 11 is 16.8. The fourth-order valence-electron chi connectivity index (χ4n) is 4.25. The topological polar surface area (TPSA) is 125 Å². The molecule has 0 spiro atoms. The van der Waals surface area contributed by atoms with Crippen LogP contribution in [-0.4, -0.2) is 30.0 Å². The summed E-state index contributed by atoms with van der Waals surface area (Å²) in [7, 11) is 0. The molecule has 2 amide bonds. The highest BCUT2D eigenvalue weighted by Crippen LogP contribution is 2.31. The van der Waals surface area contributed by atoms with Crippen molar-refractivity contribution in [2.24, 2.45) is 0 Å². The lowest BCUT2D eigenvalue weighted by Crippen LogP contribution is -2.38. The minimum absolute atomic E-state index is 0.329. The van der Waals surface area contributed by atoms with Crippen LogP contribution in [0.1, 0.15) is 23.0 Å². The van der Waals surface area contributed by atoms with Gasteiger partial charge in [0.05, 0.1) is 15.3 Å². The van der Waals surface area contributed by atoms with Crippen LogP contribution in [-0.2, 0) is 13.0 Å². The molecule has 0 unspecified atom stereocenters. The zero-order valence-electron chi connectivity index (χ0n) is 20.5. The maximum absolute atomic E-state index is 13.1. The van der Waals surface area contributed by atoms with Gasteiger partial charge < -0.3 is 21.4 Å². The second-order valence-electron chi connectivity index (χ2n) is 8.73. The van der Waals surface area contributed by atoms with Gasteiger partial charge in [0.25, 0.3) is 0 Å². The summed E-state index contributed by atoms with van der Waals surface area (Å²) in [6.45, 7) is 0.334. The van der Waals surface area contributed by atoms with Crippen LogP contribution in [0, 0.1) is 0 Å². The molecular formula is C27H24Cl2IN7OS. The highest BCUT2D eigenvalue weighted by atomic mass is 127. The minimum atomic E-state index is -0.465. The number of H-pyrrole nitrogens is 2. The van der Waals surface area contributed by atoms with Crippen LogP contribution < -0.4 is 16.4 Å². The van der Waals surface area contributed by atoms with Gasteiger partial charge in [0.2, 0.25) is 0 Å².